The normalized spacial score (nSPS) is 12.0. The van der Waals surface area contributed by atoms with Gasteiger partial charge in [-0.2, -0.15) is 5.43 Å². The number of aliphatic hydroxyl groups is 1. The first-order valence-corrected chi connectivity index (χ1v) is 2.27. The van der Waals surface area contributed by atoms with Gasteiger partial charge in [0.25, 0.3) is 0 Å². The molecule has 44 valence electrons. The summed E-state index contributed by atoms with van der Waals surface area (Å²) in [6.45, 7) is 3.87. The Hall–Kier alpha value is -0.120. The van der Waals surface area contributed by atoms with E-state index in [0.29, 0.717) is 0 Å². The minimum Gasteiger partial charge on any atom is -0.394 e. The highest BCUT2D eigenvalue weighted by molar-refractivity contribution is 4.68. The molecule has 0 fully saturated rings. The molecule has 3 heteroatoms. The van der Waals surface area contributed by atoms with Crippen molar-refractivity contribution in [1.29, 1.82) is 0 Å². The van der Waals surface area contributed by atoms with Crippen molar-refractivity contribution in [3.8, 4) is 0 Å². The highest BCUT2D eigenvalue weighted by atomic mass is 16.3. The van der Waals surface area contributed by atoms with E-state index in [9.17, 15) is 0 Å². The highest BCUT2D eigenvalue weighted by Crippen LogP contribution is 1.93. The summed E-state index contributed by atoms with van der Waals surface area (Å²) in [5.41, 5.74) is 2.47. The molecule has 0 atom stereocenters. The van der Waals surface area contributed by atoms with Gasteiger partial charge in [0.15, 0.2) is 0 Å². The number of quaternary nitrogens is 1. The molecule has 0 aromatic carbocycles. The zero-order valence-electron chi connectivity index (χ0n) is 4.86. The van der Waals surface area contributed by atoms with E-state index in [1.807, 2.05) is 13.8 Å². The van der Waals surface area contributed by atoms with Crippen LogP contribution in [0, 0.1) is 0 Å². The summed E-state index contributed by atoms with van der Waals surface area (Å²) in [5.74, 6) is 3.42. The first kappa shape index (κ1) is 6.88. The van der Waals surface area contributed by atoms with Crippen molar-refractivity contribution in [2.75, 3.05) is 6.61 Å². The molecule has 0 rings (SSSR count). The summed E-state index contributed by atoms with van der Waals surface area (Å²) < 4.78 is 0. The molecule has 0 radical (unpaired) electrons. The maximum Gasteiger partial charge on any atom is 0.0836 e. The van der Waals surface area contributed by atoms with E-state index < -0.39 is 0 Å². The first-order valence-electron chi connectivity index (χ1n) is 2.27. The standard InChI is InChI=1S/C4H12N2O/c1-4(2,3-7)6-5/h6-7H,3,5H2,1-2H3/p+1. The molecule has 0 aliphatic rings. The Kier molecular flexibility index (Phi) is 2.22. The van der Waals surface area contributed by atoms with Gasteiger partial charge in [0.05, 0.1) is 12.1 Å². The molecule has 0 aliphatic heterocycles. The van der Waals surface area contributed by atoms with Crippen LogP contribution in [-0.2, 0) is 0 Å². The van der Waals surface area contributed by atoms with E-state index in [0.717, 1.165) is 0 Å². The van der Waals surface area contributed by atoms with Crippen LogP contribution in [0.5, 0.6) is 0 Å². The van der Waals surface area contributed by atoms with Gasteiger partial charge in [-0.3, -0.25) is 5.84 Å². The summed E-state index contributed by atoms with van der Waals surface area (Å²) in [6.07, 6.45) is 0. The van der Waals surface area contributed by atoms with Gasteiger partial charge >= 0.3 is 0 Å². The Labute approximate surface area is 43.5 Å². The number of rotatable bonds is 2. The van der Waals surface area contributed by atoms with Crippen molar-refractivity contribution in [2.45, 2.75) is 19.4 Å². The molecule has 0 amide bonds. The van der Waals surface area contributed by atoms with Crippen molar-refractivity contribution in [3.05, 3.63) is 0 Å². The second-order valence-electron chi connectivity index (χ2n) is 2.22. The summed E-state index contributed by atoms with van der Waals surface area (Å²) in [4.78, 5) is 0. The third-order valence-electron chi connectivity index (χ3n) is 0.874. The summed E-state index contributed by atoms with van der Waals surface area (Å²) >= 11 is 0. The second kappa shape index (κ2) is 2.26. The van der Waals surface area contributed by atoms with E-state index in [2.05, 4.69) is 11.3 Å². The molecule has 0 heterocycles. The third kappa shape index (κ3) is 2.56. The van der Waals surface area contributed by atoms with Gasteiger partial charge in [0.1, 0.15) is 0 Å². The van der Waals surface area contributed by atoms with Gasteiger partial charge in [-0.15, -0.1) is 0 Å². The summed E-state index contributed by atoms with van der Waals surface area (Å²) in [5, 5.41) is 8.49. The fourth-order valence-corrected chi connectivity index (χ4v) is 0.0559. The van der Waals surface area contributed by atoms with Crippen molar-refractivity contribution >= 4 is 0 Å². The first-order chi connectivity index (χ1) is 3.12. The van der Waals surface area contributed by atoms with Crippen molar-refractivity contribution < 1.29 is 10.9 Å². The summed E-state index contributed by atoms with van der Waals surface area (Å²) in [6, 6.07) is 0. The Morgan fingerprint density at radius 3 is 2.14 bits per heavy atom. The van der Waals surface area contributed by atoms with Crippen LogP contribution >= 0.6 is 0 Å². The fraction of sp³-hybridized carbons (Fsp3) is 1.00. The lowest BCUT2D eigenvalue weighted by Crippen LogP contribution is -2.73. The Balaban J connectivity index is 3.36. The Morgan fingerprint density at radius 1 is 1.71 bits per heavy atom. The number of aliphatic hydroxyl groups excluding tert-OH is 1. The maximum atomic E-state index is 8.49. The van der Waals surface area contributed by atoms with E-state index in [1.165, 1.54) is 0 Å². The zero-order chi connectivity index (χ0) is 5.91. The smallest absolute Gasteiger partial charge is 0.0836 e. The van der Waals surface area contributed by atoms with Crippen molar-refractivity contribution in [1.82, 2.24) is 5.43 Å². The van der Waals surface area contributed by atoms with E-state index in [1.54, 1.807) is 0 Å². The van der Waals surface area contributed by atoms with Gasteiger partial charge < -0.3 is 5.11 Å². The van der Waals surface area contributed by atoms with Gasteiger partial charge in [0.2, 0.25) is 0 Å². The second-order valence-corrected chi connectivity index (χ2v) is 2.22. The summed E-state index contributed by atoms with van der Waals surface area (Å²) in [7, 11) is 0. The average molecular weight is 105 g/mol. The largest absolute Gasteiger partial charge is 0.394 e. The Morgan fingerprint density at radius 2 is 2.14 bits per heavy atom. The molecule has 0 unspecified atom stereocenters. The van der Waals surface area contributed by atoms with Gasteiger partial charge in [-0.25, -0.2) is 0 Å². The predicted molar refractivity (Wildman–Crippen MR) is 27.2 cm³/mol. The van der Waals surface area contributed by atoms with E-state index >= 15 is 0 Å². The van der Waals surface area contributed by atoms with Crippen LogP contribution in [0.15, 0.2) is 0 Å². The quantitative estimate of drug-likeness (QED) is 0.374. The number of nitrogens with one attached hydrogen (secondary N) is 1. The fourth-order valence-electron chi connectivity index (χ4n) is 0.0559. The molecule has 0 saturated carbocycles. The molecule has 0 bridgehead atoms. The molecule has 0 spiro atoms. The molecule has 5 N–H and O–H groups in total. The molecule has 0 aliphatic carbocycles. The topological polar surface area (TPSA) is 59.9 Å². The van der Waals surface area contributed by atoms with Crippen LogP contribution < -0.4 is 11.3 Å². The van der Waals surface area contributed by atoms with Gasteiger partial charge in [0, 0.05) is 0 Å². The van der Waals surface area contributed by atoms with E-state index in [4.69, 9.17) is 5.11 Å². The number of hydrogen-bond donors (Lipinski definition) is 3. The molecule has 7 heavy (non-hydrogen) atoms. The molecule has 3 nitrogen and oxygen atoms in total. The van der Waals surface area contributed by atoms with Crippen molar-refractivity contribution in [2.24, 2.45) is 0 Å². The van der Waals surface area contributed by atoms with Crippen LogP contribution in [0.3, 0.4) is 0 Å². The monoisotopic (exact) mass is 105 g/mol. The molecular weight excluding hydrogens is 92.1 g/mol. The van der Waals surface area contributed by atoms with Crippen LogP contribution in [0.1, 0.15) is 13.8 Å². The maximum absolute atomic E-state index is 8.49. The molecule has 0 aromatic rings. The SMILES string of the molecule is CC(C)(CO)N[NH3+]. The van der Waals surface area contributed by atoms with Gasteiger partial charge in [-0.1, -0.05) is 0 Å². The lowest BCUT2D eigenvalue weighted by molar-refractivity contribution is -0.462. The lowest BCUT2D eigenvalue weighted by Gasteiger charge is -2.15. The average Bonchev–Trinajstić information content (AvgIpc) is 1.68. The molecular formula is C4H13N2O+. The molecule has 0 saturated heterocycles. The highest BCUT2D eigenvalue weighted by Gasteiger charge is 2.14. The predicted octanol–water partition coefficient (Wildman–Crippen LogP) is -1.50. The number of hydrogen-bond acceptors (Lipinski definition) is 2. The van der Waals surface area contributed by atoms with Crippen molar-refractivity contribution in [3.63, 3.8) is 0 Å². The molecule has 0 aromatic heterocycles. The van der Waals surface area contributed by atoms with E-state index in [-0.39, 0.29) is 12.1 Å². The minimum absolute atomic E-state index is 0.122. The minimum atomic E-state index is -0.222. The Bertz CT molecular complexity index is 47.7. The van der Waals surface area contributed by atoms with Crippen LogP contribution in [0.25, 0.3) is 0 Å². The third-order valence-corrected chi connectivity index (χ3v) is 0.874. The van der Waals surface area contributed by atoms with Crippen LogP contribution in [-0.4, -0.2) is 17.3 Å². The lowest BCUT2D eigenvalue weighted by atomic mass is 10.1. The van der Waals surface area contributed by atoms with Crippen LogP contribution in [0.2, 0.25) is 0 Å². The van der Waals surface area contributed by atoms with Gasteiger partial charge in [-0.05, 0) is 13.8 Å². The zero-order valence-corrected chi connectivity index (χ0v) is 4.86. The van der Waals surface area contributed by atoms with Crippen LogP contribution in [0.4, 0.5) is 0 Å².